The quantitative estimate of drug-likeness (QED) is 0.439. The number of nitrogens with zero attached hydrogens (tertiary/aromatic N) is 2. The highest BCUT2D eigenvalue weighted by Gasteiger charge is 2.13. The van der Waals surface area contributed by atoms with Gasteiger partial charge in [-0.05, 0) is 38.1 Å². The summed E-state index contributed by atoms with van der Waals surface area (Å²) in [6, 6.07) is 9.03. The fourth-order valence-electron chi connectivity index (χ4n) is 2.18. The van der Waals surface area contributed by atoms with Gasteiger partial charge in [-0.3, -0.25) is 4.99 Å². The number of hydrogen-bond acceptors (Lipinski definition) is 2. The molecular weight excluding hydrogens is 260 g/mol. The van der Waals surface area contributed by atoms with E-state index >= 15 is 0 Å². The molecule has 1 atom stereocenters. The molecule has 118 valence electrons. The van der Waals surface area contributed by atoms with Crippen molar-refractivity contribution < 1.29 is 0 Å². The Morgan fingerprint density at radius 2 is 1.90 bits per heavy atom. The number of guanidine groups is 1. The first-order valence-corrected chi connectivity index (χ1v) is 7.87. The summed E-state index contributed by atoms with van der Waals surface area (Å²) in [4.78, 5) is 6.66. The van der Waals surface area contributed by atoms with Gasteiger partial charge in [0.1, 0.15) is 0 Å². The molecule has 0 spiro atoms. The van der Waals surface area contributed by atoms with E-state index in [0.717, 1.165) is 25.8 Å². The Bertz CT molecular complexity index is 423. The molecule has 0 aliphatic carbocycles. The number of hydrogen-bond donors (Lipinski definition) is 2. The Morgan fingerprint density at radius 1 is 1.24 bits per heavy atom. The molecule has 0 heterocycles. The van der Waals surface area contributed by atoms with Gasteiger partial charge in [0.05, 0.1) is 12.6 Å². The molecule has 4 nitrogen and oxygen atoms in total. The van der Waals surface area contributed by atoms with Gasteiger partial charge in [0.15, 0.2) is 5.96 Å². The highest BCUT2D eigenvalue weighted by molar-refractivity contribution is 5.77. The van der Waals surface area contributed by atoms with Crippen molar-refractivity contribution in [1.82, 2.24) is 10.2 Å². The summed E-state index contributed by atoms with van der Waals surface area (Å²) in [5.41, 5.74) is 8.55. The predicted molar refractivity (Wildman–Crippen MR) is 91.6 cm³/mol. The van der Waals surface area contributed by atoms with Gasteiger partial charge in [-0.1, -0.05) is 44.5 Å². The van der Waals surface area contributed by atoms with Gasteiger partial charge in [-0.25, -0.2) is 0 Å². The molecule has 4 heteroatoms. The summed E-state index contributed by atoms with van der Waals surface area (Å²) < 4.78 is 0. The predicted octanol–water partition coefficient (Wildman–Crippen LogP) is 2.56. The average molecular weight is 290 g/mol. The van der Waals surface area contributed by atoms with Crippen molar-refractivity contribution >= 4 is 5.96 Å². The maximum absolute atomic E-state index is 5.91. The van der Waals surface area contributed by atoms with Crippen LogP contribution < -0.4 is 11.1 Å². The van der Waals surface area contributed by atoms with E-state index in [1.165, 1.54) is 11.1 Å². The largest absolute Gasteiger partial charge is 0.370 e. The first-order valence-electron chi connectivity index (χ1n) is 7.87. The lowest BCUT2D eigenvalue weighted by Gasteiger charge is -2.23. The van der Waals surface area contributed by atoms with Crippen LogP contribution in [0, 0.1) is 0 Å². The highest BCUT2D eigenvalue weighted by atomic mass is 15.1. The minimum absolute atomic E-state index is 0.252. The zero-order valence-corrected chi connectivity index (χ0v) is 13.9. The zero-order valence-electron chi connectivity index (χ0n) is 13.9. The van der Waals surface area contributed by atoms with Crippen molar-refractivity contribution in [2.24, 2.45) is 10.7 Å². The number of benzene rings is 1. The lowest BCUT2D eigenvalue weighted by molar-refractivity contribution is 0.306. The zero-order chi connectivity index (χ0) is 15.7. The molecule has 1 unspecified atom stereocenters. The second-order valence-corrected chi connectivity index (χ2v) is 5.58. The molecule has 0 radical (unpaired) electrons. The number of likely N-dealkylation sites (N-methyl/N-ethyl adjacent to an activating group) is 1. The van der Waals surface area contributed by atoms with Crippen LogP contribution in [0.15, 0.2) is 29.3 Å². The summed E-state index contributed by atoms with van der Waals surface area (Å²) in [7, 11) is 4.16. The van der Waals surface area contributed by atoms with Gasteiger partial charge >= 0.3 is 0 Å². The standard InChI is InChI=1S/C17H30N4/c1-5-7-12-19-17(18)20-13-16(21(3)4)15-10-8-14(6-2)9-11-15/h8-11,16H,5-7,12-13H2,1-4H3,(H3,18,19,20). The first-order chi connectivity index (χ1) is 10.1. The summed E-state index contributed by atoms with van der Waals surface area (Å²) in [5.74, 6) is 0.542. The van der Waals surface area contributed by atoms with Crippen LogP contribution in [0.4, 0.5) is 0 Å². The lowest BCUT2D eigenvalue weighted by Crippen LogP contribution is -2.33. The van der Waals surface area contributed by atoms with Crippen LogP contribution in [0.5, 0.6) is 0 Å². The summed E-state index contributed by atoms with van der Waals surface area (Å²) in [5, 5.41) is 3.16. The van der Waals surface area contributed by atoms with Crippen molar-refractivity contribution in [3.63, 3.8) is 0 Å². The third kappa shape index (κ3) is 6.17. The Hall–Kier alpha value is -1.55. The number of unbranched alkanes of at least 4 members (excludes halogenated alkanes) is 1. The van der Waals surface area contributed by atoms with E-state index in [-0.39, 0.29) is 6.04 Å². The number of rotatable bonds is 8. The molecule has 3 N–H and O–H groups in total. The van der Waals surface area contributed by atoms with E-state index in [2.05, 4.69) is 67.4 Å². The van der Waals surface area contributed by atoms with Gasteiger partial charge in [0.2, 0.25) is 0 Å². The molecule has 0 saturated heterocycles. The molecule has 1 rings (SSSR count). The molecule has 0 fully saturated rings. The van der Waals surface area contributed by atoms with Crippen LogP contribution in [0.25, 0.3) is 0 Å². The van der Waals surface area contributed by atoms with Gasteiger partial charge in [0.25, 0.3) is 0 Å². The molecule has 0 aliphatic rings. The fraction of sp³-hybridized carbons (Fsp3) is 0.588. The second kappa shape index (κ2) is 9.40. The number of aryl methyl sites for hydroxylation is 1. The number of nitrogens with one attached hydrogen (secondary N) is 1. The van der Waals surface area contributed by atoms with E-state index in [0.29, 0.717) is 12.5 Å². The average Bonchev–Trinajstić information content (AvgIpc) is 2.48. The van der Waals surface area contributed by atoms with Gasteiger partial charge in [0, 0.05) is 6.54 Å². The Labute approximate surface area is 129 Å². The van der Waals surface area contributed by atoms with Gasteiger partial charge < -0.3 is 16.0 Å². The van der Waals surface area contributed by atoms with Crippen molar-refractivity contribution in [1.29, 1.82) is 0 Å². The summed E-state index contributed by atoms with van der Waals surface area (Å²) in [6.07, 6.45) is 3.34. The van der Waals surface area contributed by atoms with Crippen LogP contribution >= 0.6 is 0 Å². The highest BCUT2D eigenvalue weighted by Crippen LogP contribution is 2.19. The molecular formula is C17H30N4. The fourth-order valence-corrected chi connectivity index (χ4v) is 2.18. The van der Waals surface area contributed by atoms with Crippen LogP contribution in [0.3, 0.4) is 0 Å². The normalized spacial score (nSPS) is 13.5. The first kappa shape index (κ1) is 17.5. The smallest absolute Gasteiger partial charge is 0.188 e. The van der Waals surface area contributed by atoms with Gasteiger partial charge in [-0.2, -0.15) is 0 Å². The third-order valence-corrected chi connectivity index (χ3v) is 3.67. The van der Waals surface area contributed by atoms with Crippen LogP contribution in [-0.4, -0.2) is 38.0 Å². The number of aliphatic imine (C=N–C) groups is 1. The summed E-state index contributed by atoms with van der Waals surface area (Å²) >= 11 is 0. The monoisotopic (exact) mass is 290 g/mol. The third-order valence-electron chi connectivity index (χ3n) is 3.67. The van der Waals surface area contributed by atoms with E-state index < -0.39 is 0 Å². The topological polar surface area (TPSA) is 53.6 Å². The Balaban J connectivity index is 2.66. The minimum Gasteiger partial charge on any atom is -0.370 e. The van der Waals surface area contributed by atoms with E-state index in [9.17, 15) is 0 Å². The molecule has 0 bridgehead atoms. The van der Waals surface area contributed by atoms with Crippen LogP contribution in [0.2, 0.25) is 0 Å². The molecule has 0 saturated carbocycles. The van der Waals surface area contributed by atoms with Gasteiger partial charge in [-0.15, -0.1) is 0 Å². The maximum atomic E-state index is 5.91. The lowest BCUT2D eigenvalue weighted by atomic mass is 10.0. The molecule has 0 aliphatic heterocycles. The van der Waals surface area contributed by atoms with Crippen molar-refractivity contribution in [3.8, 4) is 0 Å². The molecule has 0 aromatic heterocycles. The minimum atomic E-state index is 0.252. The summed E-state index contributed by atoms with van der Waals surface area (Å²) in [6.45, 7) is 5.90. The van der Waals surface area contributed by atoms with E-state index in [1.54, 1.807) is 0 Å². The molecule has 0 amide bonds. The second-order valence-electron chi connectivity index (χ2n) is 5.58. The van der Waals surface area contributed by atoms with E-state index in [1.807, 2.05) is 0 Å². The Kier molecular flexibility index (Phi) is 7.83. The van der Waals surface area contributed by atoms with Crippen LogP contribution in [-0.2, 0) is 6.42 Å². The van der Waals surface area contributed by atoms with Crippen molar-refractivity contribution in [2.45, 2.75) is 39.2 Å². The Morgan fingerprint density at radius 3 is 2.43 bits per heavy atom. The number of nitrogens with two attached hydrogens (primary N) is 1. The molecule has 1 aromatic rings. The van der Waals surface area contributed by atoms with Crippen LogP contribution in [0.1, 0.15) is 43.9 Å². The van der Waals surface area contributed by atoms with E-state index in [4.69, 9.17) is 5.73 Å². The van der Waals surface area contributed by atoms with Crippen molar-refractivity contribution in [2.75, 3.05) is 27.2 Å². The maximum Gasteiger partial charge on any atom is 0.188 e. The SMILES string of the molecule is CCCCNC(N)=NCC(c1ccc(CC)cc1)N(C)C. The molecule has 21 heavy (non-hydrogen) atoms. The van der Waals surface area contributed by atoms with Crippen molar-refractivity contribution in [3.05, 3.63) is 35.4 Å². The molecule has 1 aromatic carbocycles.